The minimum atomic E-state index is 0.691. The van der Waals surface area contributed by atoms with Gasteiger partial charge in [0.2, 0.25) is 0 Å². The number of thioether (sulfide) groups is 1. The van der Waals surface area contributed by atoms with E-state index in [0.29, 0.717) is 5.25 Å². The highest BCUT2D eigenvalue weighted by Gasteiger charge is 2.17. The van der Waals surface area contributed by atoms with Crippen LogP contribution in [-0.2, 0) is 25.1 Å². The molecule has 1 unspecified atom stereocenters. The number of rotatable bonds is 6. The zero-order valence-corrected chi connectivity index (χ0v) is 13.1. The third-order valence-electron chi connectivity index (χ3n) is 3.62. The van der Waals surface area contributed by atoms with E-state index < -0.39 is 0 Å². The van der Waals surface area contributed by atoms with E-state index in [-0.39, 0.29) is 0 Å². The van der Waals surface area contributed by atoms with Crippen LogP contribution in [0.15, 0.2) is 0 Å². The van der Waals surface area contributed by atoms with Crippen LogP contribution in [0.25, 0.3) is 0 Å². The molecule has 2 heterocycles. The van der Waals surface area contributed by atoms with Crippen molar-refractivity contribution in [1.82, 2.24) is 15.3 Å². The molecule has 0 radical (unpaired) electrons. The van der Waals surface area contributed by atoms with Crippen molar-refractivity contribution in [3.8, 4) is 0 Å². The fourth-order valence-corrected chi connectivity index (χ4v) is 3.11. The van der Waals surface area contributed by atoms with Crippen LogP contribution in [0.4, 0.5) is 0 Å². The third kappa shape index (κ3) is 3.93. The van der Waals surface area contributed by atoms with Crippen LogP contribution < -0.4 is 5.32 Å². The summed E-state index contributed by atoms with van der Waals surface area (Å²) in [6.07, 6.45) is 4.49. The molecule has 1 aromatic heterocycles. The lowest BCUT2D eigenvalue weighted by Crippen LogP contribution is -2.27. The molecule has 1 aromatic rings. The van der Waals surface area contributed by atoms with Gasteiger partial charge in [0.1, 0.15) is 5.82 Å². The van der Waals surface area contributed by atoms with E-state index in [4.69, 9.17) is 9.97 Å². The Hall–Kier alpha value is -0.610. The van der Waals surface area contributed by atoms with Gasteiger partial charge in [-0.1, -0.05) is 27.2 Å². The Morgan fingerprint density at radius 1 is 1.32 bits per heavy atom. The number of nitrogens with zero attached hydrogens (tertiary/aromatic N) is 2. The molecule has 106 valence electrons. The largest absolute Gasteiger partial charge is 0.312 e. The number of aromatic nitrogens is 2. The number of hydrogen-bond donors (Lipinski definition) is 1. The number of fused-ring (bicyclic) bond motifs is 1. The molecule has 0 fully saturated rings. The fourth-order valence-electron chi connectivity index (χ4n) is 2.31. The molecule has 19 heavy (non-hydrogen) atoms. The zero-order valence-electron chi connectivity index (χ0n) is 12.3. The maximum absolute atomic E-state index is 4.81. The van der Waals surface area contributed by atoms with Gasteiger partial charge in [0, 0.05) is 36.0 Å². The molecule has 1 N–H and O–H groups in total. The molecule has 3 nitrogen and oxygen atoms in total. The van der Waals surface area contributed by atoms with E-state index in [0.717, 1.165) is 43.9 Å². The Balaban J connectivity index is 2.17. The summed E-state index contributed by atoms with van der Waals surface area (Å²) in [6, 6.07) is 0. The average molecular weight is 279 g/mol. The minimum absolute atomic E-state index is 0.691. The Bertz CT molecular complexity index is 420. The Morgan fingerprint density at radius 2 is 2.16 bits per heavy atom. The topological polar surface area (TPSA) is 37.8 Å². The predicted octanol–water partition coefficient (Wildman–Crippen LogP) is 3.11. The summed E-state index contributed by atoms with van der Waals surface area (Å²) in [6.45, 7) is 8.73. The van der Waals surface area contributed by atoms with Crippen LogP contribution in [0, 0.1) is 0 Å². The molecule has 0 aliphatic carbocycles. The average Bonchev–Trinajstić information content (AvgIpc) is 2.45. The van der Waals surface area contributed by atoms with Crippen LogP contribution in [0.3, 0.4) is 0 Å². The maximum Gasteiger partial charge on any atom is 0.138 e. The predicted molar refractivity (Wildman–Crippen MR) is 82.5 cm³/mol. The summed E-state index contributed by atoms with van der Waals surface area (Å²) in [5, 5.41) is 4.12. The maximum atomic E-state index is 4.81. The van der Waals surface area contributed by atoms with Gasteiger partial charge >= 0.3 is 0 Å². The van der Waals surface area contributed by atoms with Crippen molar-refractivity contribution < 1.29 is 0 Å². The molecule has 4 heteroatoms. The molecule has 1 aliphatic rings. The van der Waals surface area contributed by atoms with Gasteiger partial charge < -0.3 is 5.32 Å². The van der Waals surface area contributed by atoms with Crippen molar-refractivity contribution in [2.45, 2.75) is 64.0 Å². The highest BCUT2D eigenvalue weighted by Crippen LogP contribution is 2.22. The number of aryl methyl sites for hydroxylation is 1. The molecule has 0 amide bonds. The van der Waals surface area contributed by atoms with E-state index in [1.54, 1.807) is 0 Å². The van der Waals surface area contributed by atoms with Crippen LogP contribution in [0.1, 0.15) is 56.4 Å². The van der Waals surface area contributed by atoms with Crippen molar-refractivity contribution >= 4 is 11.8 Å². The van der Waals surface area contributed by atoms with Gasteiger partial charge in [-0.2, -0.15) is 11.8 Å². The Kier molecular flexibility index (Phi) is 5.64. The quantitative estimate of drug-likeness (QED) is 0.868. The van der Waals surface area contributed by atoms with Crippen LogP contribution >= 0.6 is 11.8 Å². The van der Waals surface area contributed by atoms with Crippen molar-refractivity contribution in [3.05, 3.63) is 22.8 Å². The van der Waals surface area contributed by atoms with Gasteiger partial charge in [-0.15, -0.1) is 0 Å². The van der Waals surface area contributed by atoms with E-state index in [1.165, 1.54) is 23.4 Å². The summed E-state index contributed by atoms with van der Waals surface area (Å²) < 4.78 is 0. The molecule has 0 spiro atoms. The van der Waals surface area contributed by atoms with Crippen molar-refractivity contribution in [1.29, 1.82) is 0 Å². The van der Waals surface area contributed by atoms with Gasteiger partial charge in [0.25, 0.3) is 0 Å². The van der Waals surface area contributed by atoms with Gasteiger partial charge in [0.05, 0.1) is 11.4 Å². The van der Waals surface area contributed by atoms with E-state index in [9.17, 15) is 0 Å². The summed E-state index contributed by atoms with van der Waals surface area (Å²) in [4.78, 5) is 9.60. The zero-order chi connectivity index (χ0) is 13.7. The lowest BCUT2D eigenvalue weighted by atomic mass is 10.0. The summed E-state index contributed by atoms with van der Waals surface area (Å²) in [5.41, 5.74) is 3.93. The lowest BCUT2D eigenvalue weighted by molar-refractivity contribution is 0.610. The van der Waals surface area contributed by atoms with Crippen LogP contribution in [0.5, 0.6) is 0 Å². The Labute approximate surface area is 121 Å². The molecule has 1 atom stereocenters. The molecular weight excluding hydrogens is 254 g/mol. The fraction of sp³-hybridized carbons (Fsp3) is 0.733. The summed E-state index contributed by atoms with van der Waals surface area (Å²) in [7, 11) is 0. The highest BCUT2D eigenvalue weighted by molar-refractivity contribution is 7.99. The molecule has 0 bridgehead atoms. The second-order valence-electron chi connectivity index (χ2n) is 5.22. The Morgan fingerprint density at radius 3 is 2.89 bits per heavy atom. The standard InChI is InChI=1S/C15H25N3S/c1-4-6-13-12-9-16-8-7-14(12)18-15(17-13)10-19-11(3)5-2/h11,16H,4-10H2,1-3H3. The molecule has 0 aromatic carbocycles. The normalized spacial score (nSPS) is 16.2. The first-order valence-corrected chi connectivity index (χ1v) is 8.49. The van der Waals surface area contributed by atoms with Gasteiger partial charge in [-0.3, -0.25) is 0 Å². The first kappa shape index (κ1) is 14.8. The SMILES string of the molecule is CCCc1nc(CSC(C)CC)nc2c1CNCC2. The first-order chi connectivity index (χ1) is 9.24. The number of nitrogens with one attached hydrogen (secondary N) is 1. The van der Waals surface area contributed by atoms with Gasteiger partial charge in [-0.25, -0.2) is 9.97 Å². The van der Waals surface area contributed by atoms with E-state index in [1.807, 2.05) is 11.8 Å². The van der Waals surface area contributed by atoms with Crippen molar-refractivity contribution in [2.24, 2.45) is 0 Å². The summed E-state index contributed by atoms with van der Waals surface area (Å²) >= 11 is 1.97. The van der Waals surface area contributed by atoms with Crippen molar-refractivity contribution in [3.63, 3.8) is 0 Å². The second kappa shape index (κ2) is 7.25. The number of hydrogen-bond acceptors (Lipinski definition) is 4. The molecule has 0 saturated heterocycles. The minimum Gasteiger partial charge on any atom is -0.312 e. The lowest BCUT2D eigenvalue weighted by Gasteiger charge is -2.20. The monoisotopic (exact) mass is 279 g/mol. The van der Waals surface area contributed by atoms with Crippen molar-refractivity contribution in [2.75, 3.05) is 6.54 Å². The molecule has 2 rings (SSSR count). The third-order valence-corrected chi connectivity index (χ3v) is 4.95. The van der Waals surface area contributed by atoms with Crippen LogP contribution in [-0.4, -0.2) is 21.8 Å². The second-order valence-corrected chi connectivity index (χ2v) is 6.65. The first-order valence-electron chi connectivity index (χ1n) is 7.44. The smallest absolute Gasteiger partial charge is 0.138 e. The van der Waals surface area contributed by atoms with E-state index in [2.05, 4.69) is 26.1 Å². The van der Waals surface area contributed by atoms with E-state index >= 15 is 0 Å². The summed E-state index contributed by atoms with van der Waals surface area (Å²) in [5.74, 6) is 1.99. The highest BCUT2D eigenvalue weighted by atomic mass is 32.2. The van der Waals surface area contributed by atoms with Gasteiger partial charge in [0.15, 0.2) is 0 Å². The van der Waals surface area contributed by atoms with Crippen LogP contribution in [0.2, 0.25) is 0 Å². The molecule has 1 aliphatic heterocycles. The molecule has 0 saturated carbocycles. The van der Waals surface area contributed by atoms with Gasteiger partial charge in [-0.05, 0) is 12.8 Å². The molecular formula is C15H25N3S.